The Morgan fingerprint density at radius 2 is 1.79 bits per heavy atom. The molecule has 2 rings (SSSR count). The first-order valence-electron chi connectivity index (χ1n) is 7.96. The van der Waals surface area contributed by atoms with E-state index in [0.29, 0.717) is 19.3 Å². The summed E-state index contributed by atoms with van der Waals surface area (Å²) < 4.78 is 1.83. The molecule has 0 atom stereocenters. The van der Waals surface area contributed by atoms with E-state index in [-0.39, 0.29) is 12.3 Å². The van der Waals surface area contributed by atoms with Gasteiger partial charge < -0.3 is 10.4 Å². The highest BCUT2D eigenvalue weighted by molar-refractivity contribution is 5.90. The van der Waals surface area contributed by atoms with Crippen molar-refractivity contribution >= 4 is 17.6 Å². The van der Waals surface area contributed by atoms with Crippen LogP contribution in [0.4, 0.5) is 5.69 Å². The van der Waals surface area contributed by atoms with Crippen LogP contribution in [0.3, 0.4) is 0 Å². The number of carbonyl (C=O) groups excluding carboxylic acids is 1. The molecule has 2 aromatic rings. The predicted molar refractivity (Wildman–Crippen MR) is 92.0 cm³/mol. The molecule has 0 aliphatic heterocycles. The Labute approximate surface area is 141 Å². The summed E-state index contributed by atoms with van der Waals surface area (Å²) in [6.07, 6.45) is 1.65. The zero-order chi connectivity index (χ0) is 17.7. The molecule has 0 bridgehead atoms. The van der Waals surface area contributed by atoms with Gasteiger partial charge in [0.15, 0.2) is 0 Å². The van der Waals surface area contributed by atoms with Crippen molar-refractivity contribution in [1.82, 2.24) is 9.78 Å². The van der Waals surface area contributed by atoms with Crippen LogP contribution >= 0.6 is 0 Å². The molecule has 0 radical (unpaired) electrons. The quantitative estimate of drug-likeness (QED) is 0.818. The van der Waals surface area contributed by atoms with Crippen molar-refractivity contribution in [2.75, 3.05) is 5.32 Å². The fourth-order valence-electron chi connectivity index (χ4n) is 2.65. The van der Waals surface area contributed by atoms with E-state index in [9.17, 15) is 9.59 Å². The number of anilines is 1. The van der Waals surface area contributed by atoms with E-state index in [2.05, 4.69) is 10.4 Å². The fraction of sp³-hybridized carbons (Fsp3) is 0.389. The fourth-order valence-corrected chi connectivity index (χ4v) is 2.65. The van der Waals surface area contributed by atoms with Gasteiger partial charge in [0.1, 0.15) is 0 Å². The number of aryl methyl sites for hydroxylation is 3. The maximum Gasteiger partial charge on any atom is 0.303 e. The number of nitrogens with zero attached hydrogens (tertiary/aromatic N) is 2. The minimum absolute atomic E-state index is 0.0454. The average Bonchev–Trinajstić information content (AvgIpc) is 2.77. The van der Waals surface area contributed by atoms with Crippen LogP contribution in [-0.2, 0) is 29.5 Å². The largest absolute Gasteiger partial charge is 0.481 e. The van der Waals surface area contributed by atoms with Crippen molar-refractivity contribution in [3.8, 4) is 0 Å². The number of rotatable bonds is 7. The normalized spacial score (nSPS) is 10.6. The molecule has 0 fully saturated rings. The summed E-state index contributed by atoms with van der Waals surface area (Å²) in [4.78, 5) is 22.7. The zero-order valence-electron chi connectivity index (χ0n) is 14.3. The molecule has 0 saturated heterocycles. The Bertz CT molecular complexity index is 733. The van der Waals surface area contributed by atoms with Gasteiger partial charge in [-0.1, -0.05) is 12.1 Å². The first-order valence-corrected chi connectivity index (χ1v) is 7.96. The van der Waals surface area contributed by atoms with Crippen LogP contribution in [0.1, 0.15) is 35.4 Å². The number of hydrogen-bond acceptors (Lipinski definition) is 3. The molecule has 0 saturated carbocycles. The molecular weight excluding hydrogens is 306 g/mol. The molecule has 6 nitrogen and oxygen atoms in total. The number of nitrogens with one attached hydrogen (secondary N) is 1. The summed E-state index contributed by atoms with van der Waals surface area (Å²) in [5, 5.41) is 15.9. The summed E-state index contributed by atoms with van der Waals surface area (Å²) in [6, 6.07) is 7.28. The minimum atomic E-state index is -0.812. The third kappa shape index (κ3) is 4.68. The second-order valence-corrected chi connectivity index (χ2v) is 5.91. The third-order valence-corrected chi connectivity index (χ3v) is 4.13. The van der Waals surface area contributed by atoms with Gasteiger partial charge in [0.25, 0.3) is 0 Å². The van der Waals surface area contributed by atoms with Crippen LogP contribution in [0.2, 0.25) is 0 Å². The highest BCUT2D eigenvalue weighted by Crippen LogP contribution is 2.15. The molecule has 0 aliphatic rings. The molecule has 128 valence electrons. The van der Waals surface area contributed by atoms with Crippen LogP contribution in [0.15, 0.2) is 24.3 Å². The third-order valence-electron chi connectivity index (χ3n) is 4.13. The zero-order valence-corrected chi connectivity index (χ0v) is 14.3. The molecule has 1 amide bonds. The molecule has 2 N–H and O–H groups in total. The number of amides is 1. The van der Waals surface area contributed by atoms with Crippen molar-refractivity contribution in [2.45, 2.75) is 39.5 Å². The Kier molecular flexibility index (Phi) is 5.73. The number of carboxylic acids is 1. The number of benzene rings is 1. The highest BCUT2D eigenvalue weighted by Gasteiger charge is 2.11. The first-order chi connectivity index (χ1) is 11.4. The van der Waals surface area contributed by atoms with E-state index in [1.54, 1.807) is 12.1 Å². The van der Waals surface area contributed by atoms with Crippen molar-refractivity contribution < 1.29 is 14.7 Å². The van der Waals surface area contributed by atoms with E-state index in [0.717, 1.165) is 28.2 Å². The highest BCUT2D eigenvalue weighted by atomic mass is 16.4. The van der Waals surface area contributed by atoms with Crippen LogP contribution in [0.5, 0.6) is 0 Å². The van der Waals surface area contributed by atoms with Gasteiger partial charge in [0.05, 0.1) is 5.69 Å². The van der Waals surface area contributed by atoms with E-state index < -0.39 is 5.97 Å². The van der Waals surface area contributed by atoms with Crippen LogP contribution in [0, 0.1) is 13.8 Å². The topological polar surface area (TPSA) is 84.2 Å². The lowest BCUT2D eigenvalue weighted by Crippen LogP contribution is -2.12. The lowest BCUT2D eigenvalue weighted by molar-refractivity contribution is -0.137. The van der Waals surface area contributed by atoms with Crippen molar-refractivity contribution in [1.29, 1.82) is 0 Å². The Morgan fingerprint density at radius 1 is 1.12 bits per heavy atom. The minimum Gasteiger partial charge on any atom is -0.481 e. The molecule has 1 aromatic heterocycles. The molecule has 0 unspecified atom stereocenters. The van der Waals surface area contributed by atoms with E-state index in [4.69, 9.17) is 5.11 Å². The van der Waals surface area contributed by atoms with Gasteiger partial charge in [0.2, 0.25) is 5.91 Å². The predicted octanol–water partition coefficient (Wildman–Crippen LogP) is 2.63. The summed E-state index contributed by atoms with van der Waals surface area (Å²) in [7, 11) is 1.90. The van der Waals surface area contributed by atoms with E-state index in [1.165, 1.54) is 0 Å². The molecule has 6 heteroatoms. The monoisotopic (exact) mass is 329 g/mol. The number of carboxylic acid groups (broad SMARTS) is 1. The lowest BCUT2D eigenvalue weighted by Gasteiger charge is -2.07. The first kappa shape index (κ1) is 17.7. The number of carbonyl (C=O) groups is 2. The van der Waals surface area contributed by atoms with Crippen LogP contribution in [0.25, 0.3) is 0 Å². The number of hydrogen-bond donors (Lipinski definition) is 2. The summed E-state index contributed by atoms with van der Waals surface area (Å²) in [5.74, 6) is -0.857. The Balaban J connectivity index is 1.87. The lowest BCUT2D eigenvalue weighted by atomic mass is 10.1. The molecular formula is C18H23N3O3. The van der Waals surface area contributed by atoms with Gasteiger partial charge in [-0.05, 0) is 49.9 Å². The van der Waals surface area contributed by atoms with Crippen molar-refractivity contribution in [3.63, 3.8) is 0 Å². The van der Waals surface area contributed by atoms with Gasteiger partial charge in [-0.25, -0.2) is 0 Å². The molecule has 1 aromatic carbocycles. The summed E-state index contributed by atoms with van der Waals surface area (Å²) in [5.41, 5.74) is 4.83. The van der Waals surface area contributed by atoms with Crippen molar-refractivity contribution in [3.05, 3.63) is 46.8 Å². The van der Waals surface area contributed by atoms with Gasteiger partial charge in [-0.3, -0.25) is 14.3 Å². The van der Waals surface area contributed by atoms with E-state index in [1.807, 2.05) is 37.7 Å². The van der Waals surface area contributed by atoms with Crippen molar-refractivity contribution in [2.24, 2.45) is 7.05 Å². The maximum atomic E-state index is 12.1. The Hall–Kier alpha value is -2.63. The van der Waals surface area contributed by atoms with Gasteiger partial charge in [-0.2, -0.15) is 5.10 Å². The number of aromatic nitrogens is 2. The smallest absolute Gasteiger partial charge is 0.303 e. The number of aliphatic carboxylic acids is 1. The SMILES string of the molecule is Cc1nn(C)c(C)c1CCC(=O)Nc1ccc(CCC(=O)O)cc1. The van der Waals surface area contributed by atoms with Crippen LogP contribution in [-0.4, -0.2) is 26.8 Å². The van der Waals surface area contributed by atoms with E-state index >= 15 is 0 Å². The second-order valence-electron chi connectivity index (χ2n) is 5.91. The summed E-state index contributed by atoms with van der Waals surface area (Å²) in [6.45, 7) is 3.96. The van der Waals surface area contributed by atoms with Gasteiger partial charge >= 0.3 is 5.97 Å². The standard InChI is InChI=1S/C18H23N3O3/c1-12-16(13(2)21(3)20-12)9-10-17(22)19-15-7-4-14(5-8-15)6-11-18(23)24/h4-5,7-8H,6,9-11H2,1-3H3,(H,19,22)(H,23,24). The molecule has 0 aliphatic carbocycles. The average molecular weight is 329 g/mol. The molecule has 24 heavy (non-hydrogen) atoms. The van der Waals surface area contributed by atoms with Gasteiger partial charge in [0, 0.05) is 31.3 Å². The maximum absolute atomic E-state index is 12.1. The molecule has 1 heterocycles. The van der Waals surface area contributed by atoms with Crippen LogP contribution < -0.4 is 5.32 Å². The Morgan fingerprint density at radius 3 is 2.33 bits per heavy atom. The molecule has 0 spiro atoms. The van der Waals surface area contributed by atoms with Gasteiger partial charge in [-0.15, -0.1) is 0 Å². The second kappa shape index (κ2) is 7.77. The summed E-state index contributed by atoms with van der Waals surface area (Å²) >= 11 is 0.